The third-order valence-corrected chi connectivity index (χ3v) is 3.88. The van der Waals surface area contributed by atoms with Gasteiger partial charge in [0.25, 0.3) is 5.91 Å². The van der Waals surface area contributed by atoms with Crippen LogP contribution in [0.2, 0.25) is 5.02 Å². The minimum Gasteiger partial charge on any atom is -0.508 e. The number of ether oxygens (including phenoxy) is 2. The maximum atomic E-state index is 12.5. The predicted molar refractivity (Wildman–Crippen MR) is 90.1 cm³/mol. The van der Waals surface area contributed by atoms with E-state index in [0.717, 1.165) is 6.07 Å². The number of hydrogen-bond donors (Lipinski definition) is 3. The second-order valence-electron chi connectivity index (χ2n) is 5.32. The molecule has 0 aromatic heterocycles. The van der Waals surface area contributed by atoms with E-state index in [4.69, 9.17) is 21.1 Å². The highest BCUT2D eigenvalue weighted by Crippen LogP contribution is 2.35. The zero-order chi connectivity index (χ0) is 18.0. The highest BCUT2D eigenvalue weighted by molar-refractivity contribution is 6.34. The second kappa shape index (κ2) is 6.90. The molecule has 0 atom stereocenters. The molecule has 25 heavy (non-hydrogen) atoms. The number of carbonyl (C=O) groups is 2. The average molecular weight is 364 g/mol. The fourth-order valence-corrected chi connectivity index (χ4v) is 2.61. The van der Waals surface area contributed by atoms with E-state index in [1.165, 1.54) is 24.3 Å². The Balaban J connectivity index is 1.92. The van der Waals surface area contributed by atoms with Crippen LogP contribution in [-0.4, -0.2) is 35.3 Å². The Labute approximate surface area is 147 Å². The molecule has 8 heteroatoms. The molecule has 1 aliphatic rings. The number of amides is 1. The van der Waals surface area contributed by atoms with E-state index >= 15 is 0 Å². The lowest BCUT2D eigenvalue weighted by molar-refractivity contribution is 0.0697. The van der Waals surface area contributed by atoms with Crippen molar-refractivity contribution in [1.82, 2.24) is 0 Å². The third kappa shape index (κ3) is 3.61. The maximum absolute atomic E-state index is 12.5. The number of halogens is 1. The highest BCUT2D eigenvalue weighted by Gasteiger charge is 2.20. The molecule has 0 unspecified atom stereocenters. The van der Waals surface area contributed by atoms with Gasteiger partial charge in [0.2, 0.25) is 0 Å². The Hall–Kier alpha value is -2.93. The van der Waals surface area contributed by atoms with Crippen LogP contribution in [0.4, 0.5) is 5.69 Å². The molecule has 7 nitrogen and oxygen atoms in total. The Morgan fingerprint density at radius 1 is 1.04 bits per heavy atom. The van der Waals surface area contributed by atoms with Gasteiger partial charge in [0.05, 0.1) is 35.1 Å². The van der Waals surface area contributed by atoms with Gasteiger partial charge in [-0.1, -0.05) is 11.6 Å². The van der Waals surface area contributed by atoms with Crippen molar-refractivity contribution in [3.63, 3.8) is 0 Å². The number of fused-ring (bicyclic) bond motifs is 1. The molecule has 0 saturated carbocycles. The van der Waals surface area contributed by atoms with Crippen LogP contribution in [0, 0.1) is 0 Å². The number of phenolic OH excluding ortho intramolecular Hbond substituents is 1. The number of carboxylic acid groups (broad SMARTS) is 1. The number of hydrogen-bond acceptors (Lipinski definition) is 5. The minimum atomic E-state index is -1.28. The first kappa shape index (κ1) is 16.9. The Morgan fingerprint density at radius 3 is 2.40 bits per heavy atom. The number of aromatic carboxylic acids is 1. The second-order valence-corrected chi connectivity index (χ2v) is 5.73. The summed E-state index contributed by atoms with van der Waals surface area (Å²) < 4.78 is 11.0. The first-order chi connectivity index (χ1) is 12.0. The molecule has 0 saturated heterocycles. The summed E-state index contributed by atoms with van der Waals surface area (Å²) in [5, 5.41) is 21.2. The molecule has 0 bridgehead atoms. The summed E-state index contributed by atoms with van der Waals surface area (Å²) in [6, 6.07) is 6.57. The third-order valence-electron chi connectivity index (χ3n) is 3.56. The van der Waals surface area contributed by atoms with Crippen molar-refractivity contribution in [1.29, 1.82) is 0 Å². The summed E-state index contributed by atoms with van der Waals surface area (Å²) in [6.07, 6.45) is 0.712. The van der Waals surface area contributed by atoms with Crippen LogP contribution >= 0.6 is 11.6 Å². The average Bonchev–Trinajstić information content (AvgIpc) is 2.80. The van der Waals surface area contributed by atoms with E-state index < -0.39 is 11.9 Å². The molecular weight excluding hydrogens is 350 g/mol. The molecule has 2 aromatic rings. The Morgan fingerprint density at radius 2 is 1.72 bits per heavy atom. The van der Waals surface area contributed by atoms with E-state index in [9.17, 15) is 19.8 Å². The van der Waals surface area contributed by atoms with Crippen LogP contribution in [0.5, 0.6) is 17.2 Å². The normalized spacial score (nSPS) is 13.0. The van der Waals surface area contributed by atoms with Crippen LogP contribution in [0.1, 0.15) is 27.1 Å². The minimum absolute atomic E-state index is 0.0403. The van der Waals surface area contributed by atoms with Crippen LogP contribution in [0.3, 0.4) is 0 Å². The van der Waals surface area contributed by atoms with Gasteiger partial charge in [-0.25, -0.2) is 4.79 Å². The van der Waals surface area contributed by atoms with Crippen molar-refractivity contribution < 1.29 is 29.3 Å². The standard InChI is InChI=1S/C17H14ClNO6/c18-12-8-15-14(24-4-1-5-25-15)7-10(12)16(21)19-13-3-2-9(20)6-11(13)17(22)23/h2-3,6-8,20H,1,4-5H2,(H,19,21)(H,22,23). The summed E-state index contributed by atoms with van der Waals surface area (Å²) in [4.78, 5) is 23.8. The van der Waals surface area contributed by atoms with Crippen molar-refractivity contribution in [2.45, 2.75) is 6.42 Å². The van der Waals surface area contributed by atoms with Crippen LogP contribution in [0.15, 0.2) is 30.3 Å². The number of phenols is 1. The molecule has 130 valence electrons. The number of carboxylic acids is 1. The Bertz CT molecular complexity index is 851. The molecule has 0 radical (unpaired) electrons. The van der Waals surface area contributed by atoms with E-state index in [1.807, 2.05) is 0 Å². The lowest BCUT2D eigenvalue weighted by Gasteiger charge is -2.13. The van der Waals surface area contributed by atoms with E-state index in [-0.39, 0.29) is 27.6 Å². The van der Waals surface area contributed by atoms with Gasteiger partial charge in [0.15, 0.2) is 11.5 Å². The van der Waals surface area contributed by atoms with Gasteiger partial charge in [-0.3, -0.25) is 4.79 Å². The molecule has 1 heterocycles. The lowest BCUT2D eigenvalue weighted by atomic mass is 10.1. The van der Waals surface area contributed by atoms with Gasteiger partial charge < -0.3 is 25.0 Å². The Kier molecular flexibility index (Phi) is 4.67. The van der Waals surface area contributed by atoms with E-state index in [2.05, 4.69) is 5.32 Å². The fourth-order valence-electron chi connectivity index (χ4n) is 2.37. The topological polar surface area (TPSA) is 105 Å². The van der Waals surface area contributed by atoms with Crippen molar-refractivity contribution >= 4 is 29.2 Å². The molecule has 3 N–H and O–H groups in total. The summed E-state index contributed by atoms with van der Waals surface area (Å²) in [7, 11) is 0. The summed E-state index contributed by atoms with van der Waals surface area (Å²) in [6.45, 7) is 0.946. The van der Waals surface area contributed by atoms with Gasteiger partial charge in [-0.05, 0) is 24.3 Å². The van der Waals surface area contributed by atoms with Crippen molar-refractivity contribution in [2.24, 2.45) is 0 Å². The van der Waals surface area contributed by atoms with E-state index in [1.54, 1.807) is 0 Å². The predicted octanol–water partition coefficient (Wildman–Crippen LogP) is 3.16. The molecule has 1 amide bonds. The zero-order valence-electron chi connectivity index (χ0n) is 12.9. The van der Waals surface area contributed by atoms with Gasteiger partial charge in [0.1, 0.15) is 5.75 Å². The summed E-state index contributed by atoms with van der Waals surface area (Å²) in [5.41, 5.74) is -0.0763. The number of carbonyl (C=O) groups excluding carboxylic acids is 1. The largest absolute Gasteiger partial charge is 0.508 e. The monoisotopic (exact) mass is 363 g/mol. The maximum Gasteiger partial charge on any atom is 0.337 e. The van der Waals surface area contributed by atoms with Crippen molar-refractivity contribution in [3.05, 3.63) is 46.5 Å². The quantitative estimate of drug-likeness (QED) is 0.723. The molecule has 0 spiro atoms. The molecule has 0 aliphatic carbocycles. The summed E-state index contributed by atoms with van der Waals surface area (Å²) >= 11 is 6.15. The number of nitrogens with one attached hydrogen (secondary N) is 1. The summed E-state index contributed by atoms with van der Waals surface area (Å²) in [5.74, 6) is -1.25. The number of benzene rings is 2. The van der Waals surface area contributed by atoms with E-state index in [0.29, 0.717) is 31.1 Å². The van der Waals surface area contributed by atoms with Gasteiger partial charge in [-0.2, -0.15) is 0 Å². The molecule has 0 fully saturated rings. The molecule has 2 aromatic carbocycles. The van der Waals surface area contributed by atoms with Crippen LogP contribution in [-0.2, 0) is 0 Å². The van der Waals surface area contributed by atoms with Crippen LogP contribution < -0.4 is 14.8 Å². The zero-order valence-corrected chi connectivity index (χ0v) is 13.7. The van der Waals surface area contributed by atoms with Gasteiger partial charge in [0, 0.05) is 12.5 Å². The molecular formula is C17H14ClNO6. The number of rotatable bonds is 3. The first-order valence-corrected chi connectivity index (χ1v) is 7.80. The molecule has 1 aliphatic heterocycles. The van der Waals surface area contributed by atoms with Crippen molar-refractivity contribution in [2.75, 3.05) is 18.5 Å². The van der Waals surface area contributed by atoms with Crippen molar-refractivity contribution in [3.8, 4) is 17.2 Å². The number of aromatic hydroxyl groups is 1. The first-order valence-electron chi connectivity index (χ1n) is 7.42. The highest BCUT2D eigenvalue weighted by atomic mass is 35.5. The smallest absolute Gasteiger partial charge is 0.337 e. The molecule has 3 rings (SSSR count). The SMILES string of the molecule is O=C(Nc1ccc(O)cc1C(=O)O)c1cc2c(cc1Cl)OCCCO2. The number of anilines is 1. The van der Waals surface area contributed by atoms with Gasteiger partial charge in [-0.15, -0.1) is 0 Å². The van der Waals surface area contributed by atoms with Crippen LogP contribution in [0.25, 0.3) is 0 Å². The fraction of sp³-hybridized carbons (Fsp3) is 0.176. The lowest BCUT2D eigenvalue weighted by Crippen LogP contribution is -2.15. The van der Waals surface area contributed by atoms with Gasteiger partial charge >= 0.3 is 5.97 Å².